The summed E-state index contributed by atoms with van der Waals surface area (Å²) in [5, 5.41) is 0.220. The number of hydrogen-bond acceptors (Lipinski definition) is 4. The first-order valence-corrected chi connectivity index (χ1v) is 7.58. The van der Waals surface area contributed by atoms with Crippen molar-refractivity contribution in [2.45, 2.75) is 0 Å². The first-order valence-electron chi connectivity index (χ1n) is 6.39. The number of rotatable bonds is 3. The van der Waals surface area contributed by atoms with Crippen LogP contribution in [0.1, 0.15) is 5.76 Å². The fourth-order valence-corrected chi connectivity index (χ4v) is 2.83. The topological polar surface area (TPSA) is 50.5 Å². The Kier molecular flexibility index (Phi) is 4.18. The highest BCUT2D eigenvalue weighted by Crippen LogP contribution is 2.34. The molecular weight excluding hydrogens is 322 g/mol. The van der Waals surface area contributed by atoms with Gasteiger partial charge < -0.3 is 4.42 Å². The number of amides is 2. The molecule has 0 radical (unpaired) electrons. The predicted molar refractivity (Wildman–Crippen MR) is 87.8 cm³/mol. The van der Waals surface area contributed by atoms with Crippen molar-refractivity contribution in [1.82, 2.24) is 0 Å². The van der Waals surface area contributed by atoms with Gasteiger partial charge in [0.25, 0.3) is 11.1 Å². The fourth-order valence-electron chi connectivity index (χ4n) is 1.91. The van der Waals surface area contributed by atoms with Crippen LogP contribution in [0.4, 0.5) is 10.5 Å². The number of thioether (sulfide) groups is 1. The average Bonchev–Trinajstić information content (AvgIpc) is 3.10. The summed E-state index contributed by atoms with van der Waals surface area (Å²) < 4.78 is 5.15. The van der Waals surface area contributed by atoms with Gasteiger partial charge in [0.15, 0.2) is 0 Å². The molecule has 22 heavy (non-hydrogen) atoms. The first-order chi connectivity index (χ1) is 10.6. The zero-order valence-corrected chi connectivity index (χ0v) is 12.8. The van der Waals surface area contributed by atoms with Gasteiger partial charge in [0.1, 0.15) is 5.76 Å². The third kappa shape index (κ3) is 3.00. The normalized spacial score (nSPS) is 17.1. The quantitative estimate of drug-likeness (QED) is 0.763. The van der Waals surface area contributed by atoms with Crippen LogP contribution in [0, 0.1) is 0 Å². The lowest BCUT2D eigenvalue weighted by Crippen LogP contribution is -2.27. The van der Waals surface area contributed by atoms with Crippen molar-refractivity contribution in [3.8, 4) is 0 Å². The lowest BCUT2D eigenvalue weighted by atomic mass is 10.3. The van der Waals surface area contributed by atoms with Gasteiger partial charge in [-0.15, -0.1) is 0 Å². The Morgan fingerprint density at radius 1 is 1.14 bits per heavy atom. The van der Waals surface area contributed by atoms with E-state index in [0.29, 0.717) is 21.4 Å². The van der Waals surface area contributed by atoms with Crippen molar-refractivity contribution < 1.29 is 14.0 Å². The summed E-state index contributed by atoms with van der Waals surface area (Å²) in [6.45, 7) is 0. The van der Waals surface area contributed by atoms with Crippen LogP contribution in [0.3, 0.4) is 0 Å². The monoisotopic (exact) mass is 331 g/mol. The molecule has 1 fully saturated rings. The lowest BCUT2D eigenvalue weighted by molar-refractivity contribution is -0.113. The number of carbonyl (C=O) groups is 2. The zero-order chi connectivity index (χ0) is 15.5. The molecular formula is C16H10ClNO3S. The summed E-state index contributed by atoms with van der Waals surface area (Å²) in [6, 6.07) is 10.1. The summed E-state index contributed by atoms with van der Waals surface area (Å²) in [7, 11) is 0. The summed E-state index contributed by atoms with van der Waals surface area (Å²) in [5.74, 6) is 0.328. The van der Waals surface area contributed by atoms with Gasteiger partial charge in [-0.25, -0.2) is 4.90 Å². The average molecular weight is 332 g/mol. The number of benzene rings is 1. The summed E-state index contributed by atoms with van der Waals surface area (Å²) in [5.41, 5.74) is 0.505. The molecule has 2 heterocycles. The van der Waals surface area contributed by atoms with E-state index < -0.39 is 0 Å². The molecule has 0 saturated carbocycles. The Bertz CT molecular complexity index is 763. The van der Waals surface area contributed by atoms with Crippen molar-refractivity contribution in [3.05, 3.63) is 70.5 Å². The maximum absolute atomic E-state index is 12.3. The Hall–Kier alpha value is -2.24. The molecule has 4 nitrogen and oxygen atoms in total. The minimum atomic E-state index is -0.346. The van der Waals surface area contributed by atoms with E-state index in [1.54, 1.807) is 60.9 Å². The van der Waals surface area contributed by atoms with Gasteiger partial charge in [-0.05, 0) is 60.3 Å². The van der Waals surface area contributed by atoms with Crippen LogP contribution in [-0.2, 0) is 4.79 Å². The van der Waals surface area contributed by atoms with E-state index in [9.17, 15) is 9.59 Å². The van der Waals surface area contributed by atoms with Crippen molar-refractivity contribution in [2.24, 2.45) is 0 Å². The number of allylic oxidation sites excluding steroid dienone is 2. The fraction of sp³-hybridized carbons (Fsp3) is 0. The maximum atomic E-state index is 12.3. The molecule has 1 aliphatic heterocycles. The van der Waals surface area contributed by atoms with Crippen molar-refractivity contribution in [2.75, 3.05) is 4.90 Å². The Morgan fingerprint density at radius 2 is 1.91 bits per heavy atom. The largest absolute Gasteiger partial charge is 0.465 e. The molecule has 0 aliphatic carbocycles. The van der Waals surface area contributed by atoms with Crippen LogP contribution in [0.2, 0.25) is 5.02 Å². The van der Waals surface area contributed by atoms with Gasteiger partial charge in [0.05, 0.1) is 16.9 Å². The molecule has 0 unspecified atom stereocenters. The van der Waals surface area contributed by atoms with E-state index in [2.05, 4.69) is 0 Å². The number of halogens is 1. The third-order valence-corrected chi connectivity index (χ3v) is 4.07. The molecule has 2 amide bonds. The Morgan fingerprint density at radius 3 is 2.59 bits per heavy atom. The van der Waals surface area contributed by atoms with E-state index >= 15 is 0 Å². The number of imide groups is 1. The molecule has 0 atom stereocenters. The summed E-state index contributed by atoms with van der Waals surface area (Å²) in [4.78, 5) is 25.8. The van der Waals surface area contributed by atoms with Gasteiger partial charge in [0.2, 0.25) is 0 Å². The molecule has 6 heteroatoms. The van der Waals surface area contributed by atoms with Gasteiger partial charge in [-0.2, -0.15) is 0 Å². The smallest absolute Gasteiger partial charge is 0.298 e. The molecule has 110 valence electrons. The van der Waals surface area contributed by atoms with E-state index in [0.717, 1.165) is 16.7 Å². The lowest BCUT2D eigenvalue weighted by Gasteiger charge is -2.11. The summed E-state index contributed by atoms with van der Waals surface area (Å²) in [6.07, 6.45) is 6.56. The second-order valence-corrected chi connectivity index (χ2v) is 5.82. The van der Waals surface area contributed by atoms with E-state index in [-0.39, 0.29) is 11.1 Å². The highest BCUT2D eigenvalue weighted by atomic mass is 35.5. The number of nitrogens with zero attached hydrogens (tertiary/aromatic N) is 1. The van der Waals surface area contributed by atoms with E-state index in [4.69, 9.17) is 16.0 Å². The van der Waals surface area contributed by atoms with Crippen LogP contribution in [0.25, 0.3) is 6.08 Å². The van der Waals surface area contributed by atoms with E-state index in [1.807, 2.05) is 0 Å². The molecule has 1 saturated heterocycles. The van der Waals surface area contributed by atoms with Gasteiger partial charge in [0, 0.05) is 5.02 Å². The molecule has 3 rings (SSSR count). The maximum Gasteiger partial charge on any atom is 0.298 e. The highest BCUT2D eigenvalue weighted by Gasteiger charge is 2.35. The van der Waals surface area contributed by atoms with Crippen LogP contribution in [-0.4, -0.2) is 11.1 Å². The summed E-state index contributed by atoms with van der Waals surface area (Å²) >= 11 is 6.72. The zero-order valence-electron chi connectivity index (χ0n) is 11.2. The van der Waals surface area contributed by atoms with Crippen LogP contribution in [0.15, 0.2) is 64.1 Å². The number of furan rings is 1. The molecule has 0 bridgehead atoms. The van der Waals surface area contributed by atoms with Crippen LogP contribution >= 0.6 is 23.4 Å². The SMILES string of the molecule is O=C1S/C(=C/C=C/c2ccco2)C(=O)N1c1ccc(Cl)cc1. The van der Waals surface area contributed by atoms with Gasteiger partial charge in [-0.3, -0.25) is 9.59 Å². The predicted octanol–water partition coefficient (Wildman–Crippen LogP) is 4.73. The Labute approximate surface area is 136 Å². The molecule has 2 aromatic rings. The standard InChI is InChI=1S/C16H10ClNO3S/c17-11-6-8-12(9-7-11)18-15(19)14(22-16(18)20)5-1-3-13-4-2-10-21-13/h1-10H/b3-1+,14-5+. The second kappa shape index (κ2) is 6.25. The van der Waals surface area contributed by atoms with Crippen LogP contribution in [0.5, 0.6) is 0 Å². The molecule has 0 spiro atoms. The molecule has 1 aromatic carbocycles. The number of hydrogen-bond donors (Lipinski definition) is 0. The van der Waals surface area contributed by atoms with Gasteiger partial charge in [-0.1, -0.05) is 17.7 Å². The van der Waals surface area contributed by atoms with Crippen molar-refractivity contribution >= 4 is 46.3 Å². The minimum absolute atomic E-state index is 0.329. The molecule has 1 aliphatic rings. The Balaban J connectivity index is 1.80. The molecule has 0 N–H and O–H groups in total. The minimum Gasteiger partial charge on any atom is -0.465 e. The highest BCUT2D eigenvalue weighted by molar-refractivity contribution is 8.18. The molecule has 1 aromatic heterocycles. The van der Waals surface area contributed by atoms with Gasteiger partial charge >= 0.3 is 0 Å². The second-order valence-electron chi connectivity index (χ2n) is 4.39. The van der Waals surface area contributed by atoms with Crippen LogP contribution < -0.4 is 4.90 Å². The van der Waals surface area contributed by atoms with E-state index in [1.165, 1.54) is 0 Å². The number of anilines is 1. The number of carbonyl (C=O) groups excluding carboxylic acids is 2. The van der Waals surface area contributed by atoms with Crippen molar-refractivity contribution in [3.63, 3.8) is 0 Å². The third-order valence-electron chi connectivity index (χ3n) is 2.93. The van der Waals surface area contributed by atoms with Crippen molar-refractivity contribution in [1.29, 1.82) is 0 Å². The first kappa shape index (κ1) is 14.7.